The Bertz CT molecular complexity index is 2190. The fourth-order valence-corrected chi connectivity index (χ4v) is 9.99. The van der Waals surface area contributed by atoms with Crippen LogP contribution in [0.1, 0.15) is 48.1 Å². The van der Waals surface area contributed by atoms with E-state index in [0.29, 0.717) is 36.1 Å². The Morgan fingerprint density at radius 2 is 1.53 bits per heavy atom. The lowest BCUT2D eigenvalue weighted by atomic mass is 9.80. The molecule has 13 nitrogen and oxygen atoms in total. The Balaban J connectivity index is 0.00000293. The Kier molecular flexibility index (Phi) is 13.8. The molecule has 4 aliphatic heterocycles. The normalized spacial score (nSPS) is 20.3. The number of thioether (sulfide) groups is 1. The van der Waals surface area contributed by atoms with Crippen LogP contribution in [-0.2, 0) is 29.6 Å². The number of β-lactam (4-membered cyclic amide) rings is 1. The van der Waals surface area contributed by atoms with Gasteiger partial charge in [-0.25, -0.2) is 9.78 Å². The summed E-state index contributed by atoms with van der Waals surface area (Å²) in [6.07, 6.45) is 2.85. The molecule has 0 aliphatic carbocycles. The fourth-order valence-electron chi connectivity index (χ4n) is 8.06. The number of fused-ring (bicyclic) bond motifs is 1. The molecular formula is C42H43Cl2N7O6S2. The molecular weight excluding hydrogens is 834 g/mol. The Labute approximate surface area is 361 Å². The van der Waals surface area contributed by atoms with Gasteiger partial charge in [0.1, 0.15) is 22.8 Å². The highest BCUT2D eigenvalue weighted by molar-refractivity contribution is 8.00. The number of piperidine rings is 1. The summed E-state index contributed by atoms with van der Waals surface area (Å²) in [7, 11) is 0. The molecule has 308 valence electrons. The minimum absolute atomic E-state index is 0. The van der Waals surface area contributed by atoms with Gasteiger partial charge in [-0.3, -0.25) is 19.3 Å². The van der Waals surface area contributed by atoms with E-state index >= 15 is 0 Å². The number of halogens is 2. The quantitative estimate of drug-likeness (QED) is 0.0415. The van der Waals surface area contributed by atoms with Crippen LogP contribution < -0.4 is 21.7 Å². The first kappa shape index (κ1) is 43.4. The second-order valence-corrected chi connectivity index (χ2v) is 16.2. The highest BCUT2D eigenvalue weighted by atomic mass is 35.5. The standard InChI is InChI=1S/C42H41N7O6S2.2ClH/c43-41-46-32(24-57-41)33(48-55-42(26-10-4-1-5-11-26,27-12-6-2-7-13-27)28-14-8-3-9-15-28)37(51)47-34-38(52)49-35(40(53)54)31(23-56-39(34)49)30(29-18-21-45-36(29)50)22-25-16-19-44-20-17-25;;/h1-15,24-25,34,39,44H,16-23H2,(H2,43,46)(H,45,50)(H,47,51)(H,53,54);2*1H/t34-,39-;;/m1../s1. The van der Waals surface area contributed by atoms with E-state index in [1.807, 2.05) is 91.0 Å². The van der Waals surface area contributed by atoms with Gasteiger partial charge in [0.05, 0.1) is 0 Å². The highest BCUT2D eigenvalue weighted by Gasteiger charge is 2.55. The number of carboxylic acid groups (broad SMARTS) is 1. The first-order chi connectivity index (χ1) is 27.8. The third-order valence-electron chi connectivity index (χ3n) is 10.9. The SMILES string of the molecule is Cl.Cl.Nc1nc(C(=NOC(c2ccccc2)(c2ccccc2)c2ccccc2)C(=O)N[C@@H]2C(=O)N3C(C(=O)O)=C(C(CC4CCNCC4)=C4CCNC4=O)CS[C@H]23)cs1. The lowest BCUT2D eigenvalue weighted by Gasteiger charge is -2.49. The molecule has 8 rings (SSSR count). The van der Waals surface area contributed by atoms with E-state index in [-0.39, 0.29) is 64.6 Å². The predicted molar refractivity (Wildman–Crippen MR) is 232 cm³/mol. The van der Waals surface area contributed by atoms with Crippen LogP contribution in [0.2, 0.25) is 0 Å². The molecule has 0 spiro atoms. The van der Waals surface area contributed by atoms with Gasteiger partial charge >= 0.3 is 5.97 Å². The summed E-state index contributed by atoms with van der Waals surface area (Å²) < 4.78 is 0. The Hall–Kier alpha value is -5.19. The van der Waals surface area contributed by atoms with Crippen molar-refractivity contribution in [1.82, 2.24) is 25.8 Å². The number of anilines is 1. The first-order valence-electron chi connectivity index (χ1n) is 18.8. The summed E-state index contributed by atoms with van der Waals surface area (Å²) in [5.41, 5.74) is 8.55. The van der Waals surface area contributed by atoms with Crippen molar-refractivity contribution in [3.8, 4) is 0 Å². The molecule has 0 saturated carbocycles. The molecule has 5 heterocycles. The average molecular weight is 877 g/mol. The van der Waals surface area contributed by atoms with Gasteiger partial charge in [-0.15, -0.1) is 47.9 Å². The van der Waals surface area contributed by atoms with Gasteiger partial charge in [-0.05, 0) is 55.8 Å². The molecule has 0 bridgehead atoms. The monoisotopic (exact) mass is 875 g/mol. The fraction of sp³-hybridized carbons (Fsp3) is 0.286. The summed E-state index contributed by atoms with van der Waals surface area (Å²) >= 11 is 2.48. The van der Waals surface area contributed by atoms with Gasteiger partial charge in [0.15, 0.2) is 10.8 Å². The number of allylic oxidation sites excluding steroid dienone is 1. The minimum atomic E-state index is -1.31. The van der Waals surface area contributed by atoms with Crippen molar-refractivity contribution in [3.63, 3.8) is 0 Å². The molecule has 3 aromatic carbocycles. The number of rotatable bonds is 12. The number of benzene rings is 3. The van der Waals surface area contributed by atoms with Crippen LogP contribution in [-0.4, -0.2) is 81.2 Å². The van der Waals surface area contributed by atoms with Crippen LogP contribution >= 0.6 is 47.9 Å². The molecule has 4 aliphatic rings. The molecule has 59 heavy (non-hydrogen) atoms. The summed E-state index contributed by atoms with van der Waals surface area (Å²) in [4.78, 5) is 66.6. The van der Waals surface area contributed by atoms with Gasteiger partial charge in [0.2, 0.25) is 11.5 Å². The number of nitrogen functional groups attached to an aromatic ring is 1. The van der Waals surface area contributed by atoms with Crippen LogP contribution in [0.5, 0.6) is 0 Å². The number of oxime groups is 1. The summed E-state index contributed by atoms with van der Waals surface area (Å²) in [5.74, 6) is -2.26. The zero-order valence-corrected chi connectivity index (χ0v) is 34.9. The van der Waals surface area contributed by atoms with Crippen LogP contribution in [0.15, 0.2) is 124 Å². The number of amides is 3. The van der Waals surface area contributed by atoms with Crippen LogP contribution in [0.25, 0.3) is 0 Å². The number of thiazole rings is 1. The van der Waals surface area contributed by atoms with E-state index in [1.165, 1.54) is 16.7 Å². The maximum absolute atomic E-state index is 14.4. The summed E-state index contributed by atoms with van der Waals surface area (Å²) in [6, 6.07) is 27.6. The number of hydrogen-bond acceptors (Lipinski definition) is 11. The van der Waals surface area contributed by atoms with Crippen molar-refractivity contribution in [2.24, 2.45) is 11.1 Å². The maximum atomic E-state index is 14.4. The van der Waals surface area contributed by atoms with E-state index in [4.69, 9.17) is 10.6 Å². The lowest BCUT2D eigenvalue weighted by molar-refractivity contribution is -0.150. The van der Waals surface area contributed by atoms with Crippen molar-refractivity contribution >= 4 is 82.4 Å². The second-order valence-electron chi connectivity index (χ2n) is 14.2. The number of carboxylic acids is 1. The van der Waals surface area contributed by atoms with E-state index in [0.717, 1.165) is 54.0 Å². The topological polar surface area (TPSA) is 188 Å². The van der Waals surface area contributed by atoms with Crippen molar-refractivity contribution in [3.05, 3.63) is 141 Å². The van der Waals surface area contributed by atoms with Crippen molar-refractivity contribution < 1.29 is 29.1 Å². The molecule has 17 heteroatoms. The van der Waals surface area contributed by atoms with Gasteiger partial charge in [0.25, 0.3) is 11.8 Å². The first-order valence-corrected chi connectivity index (χ1v) is 20.8. The van der Waals surface area contributed by atoms with Crippen molar-refractivity contribution in [2.45, 2.75) is 42.7 Å². The summed E-state index contributed by atoms with van der Waals surface area (Å²) in [6.45, 7) is 2.18. The molecule has 3 fully saturated rings. The Morgan fingerprint density at radius 3 is 2.03 bits per heavy atom. The largest absolute Gasteiger partial charge is 0.477 e. The number of nitrogens with one attached hydrogen (secondary N) is 3. The van der Waals surface area contributed by atoms with Crippen molar-refractivity contribution in [1.29, 1.82) is 0 Å². The smallest absolute Gasteiger partial charge is 0.352 e. The number of aromatic nitrogens is 1. The number of hydrogen-bond donors (Lipinski definition) is 5. The molecule has 0 unspecified atom stereocenters. The van der Waals surface area contributed by atoms with E-state index in [1.54, 1.807) is 5.38 Å². The van der Waals surface area contributed by atoms with Crippen LogP contribution in [0.4, 0.5) is 5.13 Å². The molecule has 0 radical (unpaired) electrons. The number of nitrogens with zero attached hydrogens (tertiary/aromatic N) is 3. The average Bonchev–Trinajstić information content (AvgIpc) is 3.88. The van der Waals surface area contributed by atoms with Gasteiger partial charge in [-0.1, -0.05) is 96.2 Å². The third-order valence-corrected chi connectivity index (χ3v) is 12.8. The van der Waals surface area contributed by atoms with Crippen LogP contribution in [0, 0.1) is 5.92 Å². The molecule has 1 aromatic heterocycles. The molecule has 3 amide bonds. The second kappa shape index (κ2) is 18.8. The number of carbonyl (C=O) groups is 4. The highest BCUT2D eigenvalue weighted by Crippen LogP contribution is 2.45. The van der Waals surface area contributed by atoms with Gasteiger partial charge < -0.3 is 31.6 Å². The molecule has 3 saturated heterocycles. The zero-order chi connectivity index (χ0) is 39.5. The van der Waals surface area contributed by atoms with Crippen molar-refractivity contribution in [2.75, 3.05) is 31.1 Å². The van der Waals surface area contributed by atoms with Gasteiger partial charge in [-0.2, -0.15) is 0 Å². The lowest BCUT2D eigenvalue weighted by Crippen LogP contribution is -2.71. The number of carbonyl (C=O) groups excluding carboxylic acids is 3. The Morgan fingerprint density at radius 1 is 0.932 bits per heavy atom. The van der Waals surface area contributed by atoms with E-state index < -0.39 is 34.8 Å². The maximum Gasteiger partial charge on any atom is 0.352 e. The van der Waals surface area contributed by atoms with Gasteiger partial charge in [0, 0.05) is 39.9 Å². The molecule has 4 aromatic rings. The van der Waals surface area contributed by atoms with E-state index in [2.05, 4.69) is 26.1 Å². The predicted octanol–water partition coefficient (Wildman–Crippen LogP) is 5.23. The van der Waals surface area contributed by atoms with Crippen LogP contribution in [0.3, 0.4) is 0 Å². The number of aliphatic carboxylic acids is 1. The molecule has 6 N–H and O–H groups in total. The third kappa shape index (κ3) is 8.48. The minimum Gasteiger partial charge on any atom is -0.477 e. The van der Waals surface area contributed by atoms with E-state index in [9.17, 15) is 24.3 Å². The zero-order valence-electron chi connectivity index (χ0n) is 31.7. The number of nitrogens with two attached hydrogens (primary N) is 1. The molecule has 2 atom stereocenters. The summed E-state index contributed by atoms with van der Waals surface area (Å²) in [5, 5.41) is 25.3.